The van der Waals surface area contributed by atoms with Crippen LogP contribution in [0.4, 0.5) is 0 Å². The second-order valence-electron chi connectivity index (χ2n) is 7.96. The summed E-state index contributed by atoms with van der Waals surface area (Å²) in [7, 11) is 0. The summed E-state index contributed by atoms with van der Waals surface area (Å²) in [6, 6.07) is 7.12. The lowest BCUT2D eigenvalue weighted by molar-refractivity contribution is -0.139. The second-order valence-corrected chi connectivity index (χ2v) is 8.39. The van der Waals surface area contributed by atoms with Gasteiger partial charge in [0.05, 0.1) is 0 Å². The molecule has 0 spiro atoms. The molecule has 130 valence electrons. The van der Waals surface area contributed by atoms with Crippen LogP contribution < -0.4 is 4.74 Å². The first-order valence-electron chi connectivity index (χ1n) is 8.70. The minimum atomic E-state index is -0.202. The van der Waals surface area contributed by atoms with Crippen LogP contribution in [-0.4, -0.2) is 29.5 Å². The number of benzene rings is 1. The summed E-state index contributed by atoms with van der Waals surface area (Å²) in [5.41, 5.74) is -0.202. The van der Waals surface area contributed by atoms with Crippen LogP contribution in [0.1, 0.15) is 33.6 Å². The van der Waals surface area contributed by atoms with Gasteiger partial charge < -0.3 is 9.64 Å². The summed E-state index contributed by atoms with van der Waals surface area (Å²) in [6.45, 7) is 7.16. The van der Waals surface area contributed by atoms with Crippen molar-refractivity contribution in [2.24, 2.45) is 17.8 Å². The number of rotatable bonds is 5. The van der Waals surface area contributed by atoms with Crippen molar-refractivity contribution in [3.63, 3.8) is 0 Å². The summed E-state index contributed by atoms with van der Waals surface area (Å²) in [5, 5.41) is 0.661. The molecule has 1 fully saturated rings. The second kappa shape index (κ2) is 6.79. The zero-order valence-corrected chi connectivity index (χ0v) is 15.4. The van der Waals surface area contributed by atoms with E-state index in [0.29, 0.717) is 22.6 Å². The SMILES string of the molecule is CC(C)(C)N(CC1CC2C=CC1C2)C(=O)COc1ccc(Cl)cc1. The van der Waals surface area contributed by atoms with Crippen LogP contribution in [0.3, 0.4) is 0 Å². The summed E-state index contributed by atoms with van der Waals surface area (Å²) in [4.78, 5) is 14.8. The summed E-state index contributed by atoms with van der Waals surface area (Å²) < 4.78 is 5.66. The fourth-order valence-electron chi connectivity index (χ4n) is 3.84. The molecule has 0 radical (unpaired) electrons. The molecule has 3 unspecified atom stereocenters. The van der Waals surface area contributed by atoms with Crippen molar-refractivity contribution >= 4 is 17.5 Å². The van der Waals surface area contributed by atoms with E-state index in [4.69, 9.17) is 16.3 Å². The maximum absolute atomic E-state index is 12.8. The van der Waals surface area contributed by atoms with Crippen LogP contribution >= 0.6 is 11.6 Å². The van der Waals surface area contributed by atoms with Crippen LogP contribution in [-0.2, 0) is 4.79 Å². The number of nitrogens with zero attached hydrogens (tertiary/aromatic N) is 1. The van der Waals surface area contributed by atoms with Crippen molar-refractivity contribution in [1.29, 1.82) is 0 Å². The molecule has 4 heteroatoms. The van der Waals surface area contributed by atoms with Crippen LogP contribution in [0.25, 0.3) is 0 Å². The Hall–Kier alpha value is -1.48. The van der Waals surface area contributed by atoms with Gasteiger partial charge in [-0.05, 0) is 75.6 Å². The number of hydrogen-bond acceptors (Lipinski definition) is 2. The molecule has 2 aliphatic rings. The molecular formula is C20H26ClNO2. The molecule has 1 amide bonds. The fraction of sp³-hybridized carbons (Fsp3) is 0.550. The fourth-order valence-corrected chi connectivity index (χ4v) is 3.97. The van der Waals surface area contributed by atoms with Gasteiger partial charge in [-0.25, -0.2) is 0 Å². The molecule has 24 heavy (non-hydrogen) atoms. The van der Waals surface area contributed by atoms with Crippen LogP contribution in [0, 0.1) is 17.8 Å². The molecule has 3 nitrogen and oxygen atoms in total. The minimum absolute atomic E-state index is 0.0456. The average molecular weight is 348 g/mol. The van der Waals surface area contributed by atoms with Gasteiger partial charge in [-0.3, -0.25) is 4.79 Å². The maximum Gasteiger partial charge on any atom is 0.260 e. The molecule has 1 aromatic carbocycles. The zero-order valence-electron chi connectivity index (χ0n) is 14.7. The highest BCUT2D eigenvalue weighted by Gasteiger charge is 2.39. The van der Waals surface area contributed by atoms with Crippen molar-refractivity contribution in [3.05, 3.63) is 41.4 Å². The van der Waals surface area contributed by atoms with Gasteiger partial charge in [0, 0.05) is 17.1 Å². The van der Waals surface area contributed by atoms with E-state index in [1.807, 2.05) is 4.90 Å². The van der Waals surface area contributed by atoms with E-state index in [9.17, 15) is 4.79 Å². The zero-order chi connectivity index (χ0) is 17.3. The molecule has 0 aromatic heterocycles. The predicted molar refractivity (Wildman–Crippen MR) is 97.3 cm³/mol. The molecule has 3 rings (SSSR count). The number of hydrogen-bond donors (Lipinski definition) is 0. The summed E-state index contributed by atoms with van der Waals surface area (Å²) in [6.07, 6.45) is 7.15. The third-order valence-electron chi connectivity index (χ3n) is 5.12. The summed E-state index contributed by atoms with van der Waals surface area (Å²) in [5.74, 6) is 2.67. The lowest BCUT2D eigenvalue weighted by atomic mass is 9.91. The highest BCUT2D eigenvalue weighted by atomic mass is 35.5. The number of halogens is 1. The van der Waals surface area contributed by atoms with Gasteiger partial charge in [-0.2, -0.15) is 0 Å². The largest absolute Gasteiger partial charge is 0.484 e. The van der Waals surface area contributed by atoms with E-state index >= 15 is 0 Å². The Morgan fingerprint density at radius 2 is 1.92 bits per heavy atom. The molecule has 0 heterocycles. The van der Waals surface area contributed by atoms with Gasteiger partial charge >= 0.3 is 0 Å². The van der Waals surface area contributed by atoms with Gasteiger partial charge in [0.15, 0.2) is 6.61 Å². The monoisotopic (exact) mass is 347 g/mol. The number of allylic oxidation sites excluding steroid dienone is 2. The molecule has 1 aromatic rings. The highest BCUT2D eigenvalue weighted by Crippen LogP contribution is 2.44. The van der Waals surface area contributed by atoms with E-state index in [1.54, 1.807) is 24.3 Å². The van der Waals surface area contributed by atoms with Gasteiger partial charge in [0.2, 0.25) is 0 Å². The first-order chi connectivity index (χ1) is 11.3. The normalized spacial score (nSPS) is 25.1. The third kappa shape index (κ3) is 3.94. The number of amides is 1. The highest BCUT2D eigenvalue weighted by molar-refractivity contribution is 6.30. The van der Waals surface area contributed by atoms with Crippen molar-refractivity contribution in [1.82, 2.24) is 4.90 Å². The van der Waals surface area contributed by atoms with Crippen LogP contribution in [0.15, 0.2) is 36.4 Å². The Labute approximate surface area is 149 Å². The van der Waals surface area contributed by atoms with Gasteiger partial charge in [-0.1, -0.05) is 23.8 Å². The molecule has 3 atom stereocenters. The molecule has 2 bridgehead atoms. The topological polar surface area (TPSA) is 29.5 Å². The smallest absolute Gasteiger partial charge is 0.260 e. The first-order valence-corrected chi connectivity index (χ1v) is 9.08. The Kier molecular flexibility index (Phi) is 4.91. The standard InChI is InChI=1S/C20H26ClNO2/c1-20(2,3)22(12-16-11-14-4-5-15(16)10-14)19(23)13-24-18-8-6-17(21)7-9-18/h4-9,14-16H,10-13H2,1-3H3. The van der Waals surface area contributed by atoms with Crippen molar-refractivity contribution in [2.45, 2.75) is 39.2 Å². The van der Waals surface area contributed by atoms with E-state index < -0.39 is 0 Å². The number of carbonyl (C=O) groups is 1. The van der Waals surface area contributed by atoms with Crippen LogP contribution in [0.5, 0.6) is 5.75 Å². The van der Waals surface area contributed by atoms with E-state index in [-0.39, 0.29) is 18.1 Å². The Bertz CT molecular complexity index is 618. The number of ether oxygens (including phenoxy) is 1. The lowest BCUT2D eigenvalue weighted by Crippen LogP contribution is -2.50. The van der Waals surface area contributed by atoms with Crippen molar-refractivity contribution < 1.29 is 9.53 Å². The summed E-state index contributed by atoms with van der Waals surface area (Å²) >= 11 is 5.87. The number of carbonyl (C=O) groups excluding carboxylic acids is 1. The van der Waals surface area contributed by atoms with E-state index in [2.05, 4.69) is 32.9 Å². The van der Waals surface area contributed by atoms with Gasteiger partial charge in [0.1, 0.15) is 5.75 Å². The molecule has 2 aliphatic carbocycles. The quantitative estimate of drug-likeness (QED) is 0.731. The van der Waals surface area contributed by atoms with Crippen molar-refractivity contribution in [3.8, 4) is 5.75 Å². The minimum Gasteiger partial charge on any atom is -0.484 e. The molecule has 0 aliphatic heterocycles. The Morgan fingerprint density at radius 3 is 2.46 bits per heavy atom. The molecule has 0 N–H and O–H groups in total. The molecule has 0 saturated heterocycles. The predicted octanol–water partition coefficient (Wildman–Crippen LogP) is 4.56. The average Bonchev–Trinajstić information content (AvgIpc) is 3.13. The maximum atomic E-state index is 12.8. The number of fused-ring (bicyclic) bond motifs is 2. The van der Waals surface area contributed by atoms with Gasteiger partial charge in [-0.15, -0.1) is 0 Å². The van der Waals surface area contributed by atoms with Gasteiger partial charge in [0.25, 0.3) is 5.91 Å². The third-order valence-corrected chi connectivity index (χ3v) is 5.37. The molecule has 1 saturated carbocycles. The molecular weight excluding hydrogens is 322 g/mol. The van der Waals surface area contributed by atoms with Crippen molar-refractivity contribution in [2.75, 3.05) is 13.2 Å². The Morgan fingerprint density at radius 1 is 1.21 bits per heavy atom. The first kappa shape index (κ1) is 17.3. The Balaban J connectivity index is 1.61. The van der Waals surface area contributed by atoms with Crippen LogP contribution in [0.2, 0.25) is 5.02 Å². The van der Waals surface area contributed by atoms with E-state index in [1.165, 1.54) is 12.8 Å². The lowest BCUT2D eigenvalue weighted by Gasteiger charge is -2.38. The van der Waals surface area contributed by atoms with E-state index in [0.717, 1.165) is 12.5 Å².